The van der Waals surface area contributed by atoms with Crippen LogP contribution in [-0.2, 0) is 0 Å². The van der Waals surface area contributed by atoms with Crippen LogP contribution in [0.3, 0.4) is 0 Å². The summed E-state index contributed by atoms with van der Waals surface area (Å²) in [7, 11) is 0. The maximum Gasteiger partial charge on any atom is 0.261 e. The molecule has 0 spiro atoms. The van der Waals surface area contributed by atoms with Crippen LogP contribution in [0.15, 0.2) is 36.5 Å². The normalized spacial score (nSPS) is 13.8. The maximum absolute atomic E-state index is 12.6. The van der Waals surface area contributed by atoms with Crippen molar-refractivity contribution >= 4 is 17.2 Å². The largest absolute Gasteiger partial charge is 0.494 e. The third kappa shape index (κ3) is 3.00. The molecule has 2 N–H and O–H groups in total. The van der Waals surface area contributed by atoms with Crippen molar-refractivity contribution in [3.8, 4) is 11.6 Å². The molecule has 0 unspecified atom stereocenters. The quantitative estimate of drug-likeness (QED) is 0.746. The lowest BCUT2D eigenvalue weighted by atomic mass is 10.2. The number of fused-ring (bicyclic) bond motifs is 1. The second-order valence-electron chi connectivity index (χ2n) is 6.02. The zero-order chi connectivity index (χ0) is 17.4. The van der Waals surface area contributed by atoms with Gasteiger partial charge in [-0.05, 0) is 44.0 Å². The van der Waals surface area contributed by atoms with Crippen LogP contribution in [0, 0.1) is 0 Å². The van der Waals surface area contributed by atoms with E-state index in [0.717, 1.165) is 24.3 Å². The van der Waals surface area contributed by atoms with Crippen molar-refractivity contribution in [2.45, 2.75) is 25.7 Å². The monoisotopic (exact) mass is 338 g/mol. The molecule has 1 amide bonds. The number of anilines is 1. The minimum atomic E-state index is -0.320. The van der Waals surface area contributed by atoms with Gasteiger partial charge in [0.05, 0.1) is 18.5 Å². The maximum atomic E-state index is 12.6. The predicted octanol–water partition coefficient (Wildman–Crippen LogP) is 2.96. The third-order valence-electron chi connectivity index (χ3n) is 4.14. The van der Waals surface area contributed by atoms with Crippen LogP contribution in [0.4, 0.5) is 5.69 Å². The van der Waals surface area contributed by atoms with E-state index in [1.807, 2.05) is 6.92 Å². The van der Waals surface area contributed by atoms with Crippen molar-refractivity contribution in [1.29, 1.82) is 0 Å². The van der Waals surface area contributed by atoms with Gasteiger partial charge in [-0.3, -0.25) is 4.79 Å². The van der Waals surface area contributed by atoms with Crippen molar-refractivity contribution in [2.75, 3.05) is 11.9 Å². The van der Waals surface area contributed by atoms with Crippen LogP contribution in [0.25, 0.3) is 5.65 Å². The van der Waals surface area contributed by atoms with Crippen LogP contribution >= 0.6 is 0 Å². The molecule has 2 aromatic heterocycles. The summed E-state index contributed by atoms with van der Waals surface area (Å²) >= 11 is 0. The number of aromatic hydroxyl groups is 1. The SMILES string of the molecule is CCOc1ccc(NC(=O)c2cnn3c(O)cc(C4CC4)nc23)cc1. The highest BCUT2D eigenvalue weighted by molar-refractivity contribution is 6.08. The fourth-order valence-corrected chi connectivity index (χ4v) is 2.71. The molecule has 128 valence electrons. The molecule has 7 heteroatoms. The van der Waals surface area contributed by atoms with Gasteiger partial charge in [0, 0.05) is 17.7 Å². The first-order valence-electron chi connectivity index (χ1n) is 8.27. The Labute approximate surface area is 144 Å². The molecule has 0 bridgehead atoms. The van der Waals surface area contributed by atoms with Crippen LogP contribution in [-0.4, -0.2) is 32.2 Å². The summed E-state index contributed by atoms with van der Waals surface area (Å²) in [5.74, 6) is 0.788. The Morgan fingerprint density at radius 2 is 2.12 bits per heavy atom. The van der Waals surface area contributed by atoms with Gasteiger partial charge in [0.25, 0.3) is 5.91 Å². The summed E-state index contributed by atoms with van der Waals surface area (Å²) < 4.78 is 6.66. The molecule has 0 saturated heterocycles. The average Bonchev–Trinajstić information content (AvgIpc) is 3.36. The van der Waals surface area contributed by atoms with Crippen molar-refractivity contribution in [3.05, 3.63) is 47.8 Å². The summed E-state index contributed by atoms with van der Waals surface area (Å²) in [4.78, 5) is 17.1. The Morgan fingerprint density at radius 3 is 2.80 bits per heavy atom. The van der Waals surface area contributed by atoms with E-state index >= 15 is 0 Å². The van der Waals surface area contributed by atoms with E-state index in [4.69, 9.17) is 4.74 Å². The summed E-state index contributed by atoms with van der Waals surface area (Å²) in [6.45, 7) is 2.51. The molecule has 7 nitrogen and oxygen atoms in total. The second-order valence-corrected chi connectivity index (χ2v) is 6.02. The first-order valence-corrected chi connectivity index (χ1v) is 8.27. The highest BCUT2D eigenvalue weighted by Crippen LogP contribution is 2.40. The summed E-state index contributed by atoms with van der Waals surface area (Å²) in [5.41, 5.74) is 2.15. The molecule has 2 heterocycles. The van der Waals surface area contributed by atoms with Gasteiger partial charge < -0.3 is 15.2 Å². The summed E-state index contributed by atoms with van der Waals surface area (Å²) in [6, 6.07) is 8.75. The number of carbonyl (C=O) groups is 1. The van der Waals surface area contributed by atoms with Gasteiger partial charge in [0.2, 0.25) is 5.88 Å². The molecule has 4 rings (SSSR count). The lowest BCUT2D eigenvalue weighted by Crippen LogP contribution is -2.12. The van der Waals surface area contributed by atoms with E-state index in [1.54, 1.807) is 30.3 Å². The number of hydrogen-bond donors (Lipinski definition) is 2. The summed E-state index contributed by atoms with van der Waals surface area (Å²) in [5, 5.41) is 17.0. The van der Waals surface area contributed by atoms with Crippen molar-refractivity contribution in [3.63, 3.8) is 0 Å². The van der Waals surface area contributed by atoms with Gasteiger partial charge in [-0.2, -0.15) is 9.61 Å². The van der Waals surface area contributed by atoms with Crippen LogP contribution in [0.1, 0.15) is 41.7 Å². The molecule has 1 aliphatic rings. The standard InChI is InChI=1S/C18H18N4O3/c1-2-25-13-7-5-12(6-8-13)20-18(24)14-10-19-22-16(23)9-15(11-3-4-11)21-17(14)22/h5-11,23H,2-4H2,1H3,(H,20,24). The molecule has 0 aliphatic heterocycles. The number of ether oxygens (including phenoxy) is 1. The first kappa shape index (κ1) is 15.4. The van der Waals surface area contributed by atoms with Gasteiger partial charge in [-0.15, -0.1) is 0 Å². The fraction of sp³-hybridized carbons (Fsp3) is 0.278. The average molecular weight is 338 g/mol. The number of rotatable bonds is 5. The molecule has 1 aromatic carbocycles. The minimum absolute atomic E-state index is 0.00739. The Hall–Kier alpha value is -3.09. The van der Waals surface area contributed by atoms with E-state index in [-0.39, 0.29) is 11.8 Å². The smallest absolute Gasteiger partial charge is 0.261 e. The molecule has 1 saturated carbocycles. The highest BCUT2D eigenvalue weighted by atomic mass is 16.5. The first-order chi connectivity index (χ1) is 12.2. The van der Waals surface area contributed by atoms with E-state index < -0.39 is 0 Å². The van der Waals surface area contributed by atoms with E-state index in [9.17, 15) is 9.90 Å². The molecule has 25 heavy (non-hydrogen) atoms. The Kier molecular flexibility index (Phi) is 3.76. The van der Waals surface area contributed by atoms with Gasteiger partial charge in [-0.25, -0.2) is 4.98 Å². The Balaban J connectivity index is 1.61. The number of amides is 1. The number of aromatic nitrogens is 3. The highest BCUT2D eigenvalue weighted by Gasteiger charge is 2.27. The molecule has 0 radical (unpaired) electrons. The topological polar surface area (TPSA) is 88.8 Å². The number of hydrogen-bond acceptors (Lipinski definition) is 5. The number of benzene rings is 1. The van der Waals surface area contributed by atoms with E-state index in [2.05, 4.69) is 15.4 Å². The van der Waals surface area contributed by atoms with Crippen molar-refractivity contribution in [2.24, 2.45) is 0 Å². The second kappa shape index (κ2) is 6.08. The number of nitrogens with one attached hydrogen (secondary N) is 1. The minimum Gasteiger partial charge on any atom is -0.494 e. The molecule has 1 aliphatic carbocycles. The van der Waals surface area contributed by atoms with E-state index in [1.165, 1.54) is 10.7 Å². The van der Waals surface area contributed by atoms with Crippen LogP contribution < -0.4 is 10.1 Å². The zero-order valence-corrected chi connectivity index (χ0v) is 13.8. The molecule has 0 atom stereocenters. The Bertz CT molecular complexity index is 929. The fourth-order valence-electron chi connectivity index (χ4n) is 2.71. The van der Waals surface area contributed by atoms with Crippen LogP contribution in [0.5, 0.6) is 11.6 Å². The van der Waals surface area contributed by atoms with Gasteiger partial charge in [0.15, 0.2) is 5.65 Å². The predicted molar refractivity (Wildman–Crippen MR) is 92.2 cm³/mol. The molecular weight excluding hydrogens is 320 g/mol. The lowest BCUT2D eigenvalue weighted by molar-refractivity contribution is 0.102. The zero-order valence-electron chi connectivity index (χ0n) is 13.8. The van der Waals surface area contributed by atoms with Crippen molar-refractivity contribution < 1.29 is 14.6 Å². The van der Waals surface area contributed by atoms with Gasteiger partial charge >= 0.3 is 0 Å². The molecule has 3 aromatic rings. The van der Waals surface area contributed by atoms with Crippen LogP contribution in [0.2, 0.25) is 0 Å². The summed E-state index contributed by atoms with van der Waals surface area (Å²) in [6.07, 6.45) is 3.54. The van der Waals surface area contributed by atoms with Gasteiger partial charge in [-0.1, -0.05) is 0 Å². The molecular formula is C18H18N4O3. The van der Waals surface area contributed by atoms with Crippen molar-refractivity contribution in [1.82, 2.24) is 14.6 Å². The number of nitrogens with zero attached hydrogens (tertiary/aromatic N) is 3. The van der Waals surface area contributed by atoms with E-state index in [0.29, 0.717) is 29.4 Å². The lowest BCUT2D eigenvalue weighted by Gasteiger charge is -2.07. The molecule has 1 fully saturated rings. The van der Waals surface area contributed by atoms with Gasteiger partial charge in [0.1, 0.15) is 11.3 Å². The number of carbonyl (C=O) groups excluding carboxylic acids is 1. The Morgan fingerprint density at radius 1 is 1.36 bits per heavy atom. The third-order valence-corrected chi connectivity index (χ3v) is 4.14.